The summed E-state index contributed by atoms with van der Waals surface area (Å²) >= 11 is 0. The normalized spacial score (nSPS) is 12.6. The topological polar surface area (TPSA) is 73.6 Å². The second kappa shape index (κ2) is 16.1. The van der Waals surface area contributed by atoms with Crippen LogP contribution in [-0.2, 0) is 15.3 Å². The highest BCUT2D eigenvalue weighted by Crippen LogP contribution is 2.40. The largest absolute Gasteiger partial charge is 0.352 e. The van der Waals surface area contributed by atoms with Crippen LogP contribution in [0.5, 0.6) is 0 Å². The molecule has 0 aliphatic rings. The van der Waals surface area contributed by atoms with Gasteiger partial charge in [-0.2, -0.15) is 0 Å². The lowest BCUT2D eigenvalue weighted by atomic mass is 9.84. The molecule has 5 nitrogen and oxygen atoms in total. The molecule has 0 saturated carbocycles. The molecule has 0 saturated heterocycles. The van der Waals surface area contributed by atoms with Gasteiger partial charge in [0.25, 0.3) is 0 Å². The minimum Gasteiger partial charge on any atom is -0.352 e. The summed E-state index contributed by atoms with van der Waals surface area (Å²) in [5.41, 5.74) is 6.37. The zero-order valence-corrected chi connectivity index (χ0v) is 19.5. The van der Waals surface area contributed by atoms with Crippen LogP contribution >= 0.6 is 0 Å². The van der Waals surface area contributed by atoms with Crippen LogP contribution in [0.15, 0.2) is 30.3 Å². The summed E-state index contributed by atoms with van der Waals surface area (Å²) in [7, 11) is 0. The van der Waals surface area contributed by atoms with Crippen LogP contribution in [0.25, 0.3) is 0 Å². The molecule has 0 aliphatic carbocycles. The van der Waals surface area contributed by atoms with Gasteiger partial charge in [0, 0.05) is 18.0 Å². The van der Waals surface area contributed by atoms with Crippen LogP contribution in [0.2, 0.25) is 0 Å². The van der Waals surface area contributed by atoms with Gasteiger partial charge >= 0.3 is 6.03 Å². The maximum Gasteiger partial charge on any atom is 0.312 e. The molecule has 0 radical (unpaired) electrons. The first-order chi connectivity index (χ1) is 14.6. The molecule has 1 rings (SSSR count). The van der Waals surface area contributed by atoms with Crippen molar-refractivity contribution in [1.82, 2.24) is 5.32 Å². The third-order valence-electron chi connectivity index (χ3n) is 5.45. The quantitative estimate of drug-likeness (QED) is 0.222. The Labute approximate surface area is 184 Å². The Hall–Kier alpha value is -1.59. The molecule has 0 heterocycles. The number of hydrogen-bond acceptors (Lipinski definition) is 3. The first-order valence-electron chi connectivity index (χ1n) is 12.0. The fourth-order valence-corrected chi connectivity index (χ4v) is 3.92. The summed E-state index contributed by atoms with van der Waals surface area (Å²) in [6.07, 6.45) is 11.1. The van der Waals surface area contributed by atoms with Crippen LogP contribution < -0.4 is 11.1 Å². The van der Waals surface area contributed by atoms with Crippen molar-refractivity contribution in [2.24, 2.45) is 11.7 Å². The first kappa shape index (κ1) is 26.4. The van der Waals surface area contributed by atoms with Gasteiger partial charge in [0.1, 0.15) is 0 Å². The van der Waals surface area contributed by atoms with Gasteiger partial charge < -0.3 is 20.5 Å². The van der Waals surface area contributed by atoms with Gasteiger partial charge in [-0.15, -0.1) is 0 Å². The van der Waals surface area contributed by atoms with E-state index in [1.165, 1.54) is 32.1 Å². The van der Waals surface area contributed by atoms with Crippen molar-refractivity contribution in [1.29, 1.82) is 0 Å². The number of rotatable bonds is 18. The van der Waals surface area contributed by atoms with Crippen molar-refractivity contribution in [2.45, 2.75) is 90.8 Å². The molecule has 0 aromatic heterocycles. The molecule has 0 spiro atoms. The molecule has 3 N–H and O–H groups in total. The smallest absolute Gasteiger partial charge is 0.312 e. The summed E-state index contributed by atoms with van der Waals surface area (Å²) in [6.45, 7) is 8.27. The highest BCUT2D eigenvalue weighted by Gasteiger charge is 2.42. The van der Waals surface area contributed by atoms with Crippen molar-refractivity contribution in [2.75, 3.05) is 19.8 Å². The minimum absolute atomic E-state index is 0.135. The second-order valence-electron chi connectivity index (χ2n) is 8.06. The van der Waals surface area contributed by atoms with Crippen LogP contribution in [0.4, 0.5) is 4.79 Å². The molecule has 5 heteroatoms. The summed E-state index contributed by atoms with van der Waals surface area (Å²) in [5.74, 6) is -0.660. The number of urea groups is 1. The molecular formula is C25H44N2O3. The van der Waals surface area contributed by atoms with E-state index in [0.29, 0.717) is 19.8 Å². The van der Waals surface area contributed by atoms with Gasteiger partial charge in [-0.1, -0.05) is 89.6 Å². The van der Waals surface area contributed by atoms with Gasteiger partial charge in [-0.05, 0) is 25.7 Å². The SMILES string of the molecule is CCCCCCCCC(CCNC(N)=O)C(OCCC)(OCCC)c1ccccc1. The maximum atomic E-state index is 11.3. The molecule has 0 fully saturated rings. The van der Waals surface area contributed by atoms with E-state index < -0.39 is 11.8 Å². The van der Waals surface area contributed by atoms with E-state index in [-0.39, 0.29) is 5.92 Å². The van der Waals surface area contributed by atoms with E-state index in [1.54, 1.807) is 0 Å². The van der Waals surface area contributed by atoms with Gasteiger partial charge in [0.2, 0.25) is 0 Å². The monoisotopic (exact) mass is 420 g/mol. The molecule has 0 aliphatic heterocycles. The number of nitrogens with one attached hydrogen (secondary N) is 1. The predicted octanol–water partition coefficient (Wildman–Crippen LogP) is 6.12. The van der Waals surface area contributed by atoms with Gasteiger partial charge in [0.05, 0.1) is 13.2 Å². The van der Waals surface area contributed by atoms with Crippen LogP contribution in [0, 0.1) is 5.92 Å². The number of primary amides is 1. The van der Waals surface area contributed by atoms with Gasteiger partial charge in [-0.3, -0.25) is 0 Å². The van der Waals surface area contributed by atoms with Crippen molar-refractivity contribution in [3.63, 3.8) is 0 Å². The molecule has 1 unspecified atom stereocenters. The van der Waals surface area contributed by atoms with Crippen LogP contribution in [0.3, 0.4) is 0 Å². The minimum atomic E-state index is -0.796. The zero-order valence-electron chi connectivity index (χ0n) is 19.5. The average molecular weight is 421 g/mol. The summed E-state index contributed by atoms with van der Waals surface area (Å²) in [4.78, 5) is 11.3. The molecule has 2 amide bonds. The Kier molecular flexibility index (Phi) is 14.2. The number of ether oxygens (including phenoxy) is 2. The molecule has 1 aromatic carbocycles. The van der Waals surface area contributed by atoms with Crippen molar-refractivity contribution >= 4 is 6.03 Å². The highest BCUT2D eigenvalue weighted by molar-refractivity contribution is 5.71. The fraction of sp³-hybridized carbons (Fsp3) is 0.720. The number of carbonyl (C=O) groups excluding carboxylic acids is 1. The third kappa shape index (κ3) is 9.48. The molecule has 1 atom stereocenters. The lowest BCUT2D eigenvalue weighted by Gasteiger charge is -2.41. The van der Waals surface area contributed by atoms with Crippen molar-refractivity contribution in [3.05, 3.63) is 35.9 Å². The van der Waals surface area contributed by atoms with E-state index in [2.05, 4.69) is 38.2 Å². The molecule has 1 aromatic rings. The average Bonchev–Trinajstić information content (AvgIpc) is 2.76. The summed E-state index contributed by atoms with van der Waals surface area (Å²) in [6, 6.07) is 9.81. The van der Waals surface area contributed by atoms with E-state index in [4.69, 9.17) is 15.2 Å². The molecule has 172 valence electrons. The van der Waals surface area contributed by atoms with E-state index >= 15 is 0 Å². The van der Waals surface area contributed by atoms with Crippen molar-refractivity contribution < 1.29 is 14.3 Å². The zero-order chi connectivity index (χ0) is 22.1. The van der Waals surface area contributed by atoms with E-state index in [9.17, 15) is 4.79 Å². The first-order valence-corrected chi connectivity index (χ1v) is 12.0. The van der Waals surface area contributed by atoms with Crippen LogP contribution in [-0.4, -0.2) is 25.8 Å². The Morgan fingerprint density at radius 2 is 1.50 bits per heavy atom. The Morgan fingerprint density at radius 1 is 0.900 bits per heavy atom. The van der Waals surface area contributed by atoms with Gasteiger partial charge in [-0.25, -0.2) is 4.79 Å². The lowest BCUT2D eigenvalue weighted by molar-refractivity contribution is -0.280. The standard InChI is InChI=1S/C25H44N2O3/c1-4-7-8-9-10-12-17-23(18-19-27-24(26)28)25(29-20-5-2,30-21-6-3)22-15-13-11-14-16-22/h11,13-16,23H,4-10,12,17-21H2,1-3H3,(H3,26,27,28). The summed E-state index contributed by atoms with van der Waals surface area (Å²) in [5, 5.41) is 2.76. The molecular weight excluding hydrogens is 376 g/mol. The number of benzene rings is 1. The Bertz CT molecular complexity index is 543. The number of amides is 2. The fourth-order valence-electron chi connectivity index (χ4n) is 3.92. The second-order valence-corrected chi connectivity index (χ2v) is 8.06. The molecule has 0 bridgehead atoms. The summed E-state index contributed by atoms with van der Waals surface area (Å²) < 4.78 is 13.0. The van der Waals surface area contributed by atoms with Crippen molar-refractivity contribution in [3.8, 4) is 0 Å². The number of carbonyl (C=O) groups is 1. The van der Waals surface area contributed by atoms with E-state index in [0.717, 1.165) is 37.7 Å². The number of unbranched alkanes of at least 4 members (excludes halogenated alkanes) is 5. The molecule has 30 heavy (non-hydrogen) atoms. The third-order valence-corrected chi connectivity index (χ3v) is 5.45. The predicted molar refractivity (Wildman–Crippen MR) is 124 cm³/mol. The number of nitrogens with two attached hydrogens (primary N) is 1. The number of hydrogen-bond donors (Lipinski definition) is 2. The Morgan fingerprint density at radius 3 is 2.07 bits per heavy atom. The van der Waals surface area contributed by atoms with Gasteiger partial charge in [0.15, 0.2) is 5.79 Å². The Balaban J connectivity index is 3.07. The van der Waals surface area contributed by atoms with Crippen LogP contribution in [0.1, 0.15) is 90.5 Å². The highest BCUT2D eigenvalue weighted by atomic mass is 16.7. The van der Waals surface area contributed by atoms with E-state index in [1.807, 2.05) is 18.2 Å². The maximum absolute atomic E-state index is 11.3. The lowest BCUT2D eigenvalue weighted by Crippen LogP contribution is -2.43.